The van der Waals surface area contributed by atoms with E-state index in [1.807, 2.05) is 35.8 Å². The van der Waals surface area contributed by atoms with E-state index in [-0.39, 0.29) is 19.2 Å². The Balaban J connectivity index is 1.53. The van der Waals surface area contributed by atoms with Gasteiger partial charge < -0.3 is 4.90 Å². The van der Waals surface area contributed by atoms with Crippen LogP contribution in [0.2, 0.25) is 0 Å². The van der Waals surface area contributed by atoms with Crippen molar-refractivity contribution in [3.63, 3.8) is 0 Å². The first-order valence-corrected chi connectivity index (χ1v) is 8.67. The number of alkyl halides is 3. The predicted octanol–water partition coefficient (Wildman–Crippen LogP) is 1.49. The van der Waals surface area contributed by atoms with Crippen molar-refractivity contribution in [1.82, 2.24) is 20.8 Å². The van der Waals surface area contributed by atoms with Crippen molar-refractivity contribution >= 4 is 17.8 Å². The lowest BCUT2D eigenvalue weighted by atomic mass is 10.0. The monoisotopic (exact) mass is 400 g/mol. The molecule has 0 aliphatic carbocycles. The predicted molar refractivity (Wildman–Crippen MR) is 88.9 cm³/mol. The summed E-state index contributed by atoms with van der Waals surface area (Å²) in [6.45, 7) is 0.462. The highest BCUT2D eigenvalue weighted by Gasteiger charge is 2.48. The fourth-order valence-corrected chi connectivity index (χ4v) is 3.23. The molecule has 0 spiro atoms. The highest BCUT2D eigenvalue weighted by atomic mass is 19.4. The van der Waals surface area contributed by atoms with Crippen LogP contribution in [0.25, 0.3) is 0 Å². The number of fused-ring (bicyclic) bond motifs is 2. The zero-order chi connectivity index (χ0) is 20.3. The van der Waals surface area contributed by atoms with Crippen molar-refractivity contribution in [2.75, 3.05) is 6.54 Å². The molecule has 1 aromatic rings. The molecule has 2 N–H and O–H groups in total. The van der Waals surface area contributed by atoms with Gasteiger partial charge in [-0.3, -0.25) is 25.3 Å². The molecule has 8 nitrogen and oxygen atoms in total. The number of hydrogen-bond acceptors (Lipinski definition) is 4. The maximum Gasteiger partial charge on any atom is 0.397 e. The van der Waals surface area contributed by atoms with Crippen molar-refractivity contribution in [3.05, 3.63) is 35.9 Å². The molecule has 2 aliphatic rings. The van der Waals surface area contributed by atoms with Crippen LogP contribution in [0.5, 0.6) is 0 Å². The maximum atomic E-state index is 12.6. The van der Waals surface area contributed by atoms with Crippen LogP contribution < -0.4 is 10.9 Å². The average molecular weight is 400 g/mol. The van der Waals surface area contributed by atoms with Crippen LogP contribution in [0.1, 0.15) is 24.8 Å². The van der Waals surface area contributed by atoms with Gasteiger partial charge in [-0.15, -0.1) is 0 Å². The summed E-state index contributed by atoms with van der Waals surface area (Å²) in [5.41, 5.74) is 4.57. The van der Waals surface area contributed by atoms with Gasteiger partial charge in [-0.2, -0.15) is 18.2 Å². The van der Waals surface area contributed by atoms with E-state index in [2.05, 4.69) is 0 Å². The van der Waals surface area contributed by atoms with Crippen molar-refractivity contribution in [2.24, 2.45) is 0 Å². The van der Waals surface area contributed by atoms with Gasteiger partial charge in [-0.25, -0.2) is 4.79 Å². The minimum Gasteiger partial charge on any atom is -0.309 e. The van der Waals surface area contributed by atoms with Gasteiger partial charge in [0.05, 0.1) is 6.04 Å². The summed E-state index contributed by atoms with van der Waals surface area (Å²) in [7, 11) is 0. The number of benzene rings is 1. The van der Waals surface area contributed by atoms with Gasteiger partial charge in [-0.1, -0.05) is 30.3 Å². The van der Waals surface area contributed by atoms with Gasteiger partial charge in [0.1, 0.15) is 19.1 Å². The van der Waals surface area contributed by atoms with Crippen molar-refractivity contribution in [2.45, 2.75) is 44.1 Å². The van der Waals surface area contributed by atoms with Crippen LogP contribution in [0.4, 0.5) is 18.0 Å². The summed E-state index contributed by atoms with van der Waals surface area (Å²) in [6, 6.07) is 7.68. The highest BCUT2D eigenvalue weighted by Crippen LogP contribution is 2.30. The first-order chi connectivity index (χ1) is 13.2. The van der Waals surface area contributed by atoms with Crippen LogP contribution in [0, 0.1) is 0 Å². The Morgan fingerprint density at radius 2 is 1.86 bits per heavy atom. The normalized spacial score (nSPS) is 21.6. The number of nitrogens with one attached hydrogen (secondary N) is 2. The summed E-state index contributed by atoms with van der Waals surface area (Å²) < 4.78 is 36.5. The number of hydroxylamine groups is 2. The molecule has 0 unspecified atom stereocenters. The smallest absolute Gasteiger partial charge is 0.309 e. The molecule has 2 bridgehead atoms. The van der Waals surface area contributed by atoms with E-state index in [1.165, 1.54) is 9.96 Å². The number of carbonyl (C=O) groups excluding carboxylic acids is 3. The third-order valence-corrected chi connectivity index (χ3v) is 4.52. The van der Waals surface area contributed by atoms with Gasteiger partial charge in [0.25, 0.3) is 5.91 Å². The molecule has 3 rings (SSSR count). The number of hydrazine groups is 1. The van der Waals surface area contributed by atoms with Crippen molar-refractivity contribution < 1.29 is 32.4 Å². The first kappa shape index (κ1) is 19.9. The molecule has 2 heterocycles. The van der Waals surface area contributed by atoms with Crippen molar-refractivity contribution in [3.8, 4) is 0 Å². The second-order valence-electron chi connectivity index (χ2n) is 6.60. The Morgan fingerprint density at radius 3 is 2.54 bits per heavy atom. The van der Waals surface area contributed by atoms with E-state index in [0.717, 1.165) is 5.56 Å². The summed E-state index contributed by atoms with van der Waals surface area (Å²) in [5.74, 6) is -2.12. The van der Waals surface area contributed by atoms with Crippen LogP contribution in [0.3, 0.4) is 0 Å². The van der Waals surface area contributed by atoms with Gasteiger partial charge >= 0.3 is 12.2 Å². The first-order valence-electron chi connectivity index (χ1n) is 8.67. The van der Waals surface area contributed by atoms with E-state index in [0.29, 0.717) is 12.8 Å². The zero-order valence-electron chi connectivity index (χ0n) is 14.7. The van der Waals surface area contributed by atoms with Gasteiger partial charge in [0, 0.05) is 6.54 Å². The fraction of sp³-hybridized carbons (Fsp3) is 0.471. The second-order valence-corrected chi connectivity index (χ2v) is 6.60. The molecule has 2 atom stereocenters. The molecule has 1 aromatic carbocycles. The molecular weight excluding hydrogens is 381 g/mol. The molecule has 0 aromatic heterocycles. The third kappa shape index (κ3) is 4.71. The number of halogens is 3. The van der Waals surface area contributed by atoms with Gasteiger partial charge in [0.15, 0.2) is 0 Å². The minimum atomic E-state index is -4.67. The Labute approximate surface area is 158 Å². The Morgan fingerprint density at radius 1 is 1.14 bits per heavy atom. The van der Waals surface area contributed by atoms with Crippen LogP contribution in [-0.2, 0) is 21.0 Å². The molecule has 0 saturated carbocycles. The van der Waals surface area contributed by atoms with E-state index < -0.39 is 36.5 Å². The summed E-state index contributed by atoms with van der Waals surface area (Å²) in [4.78, 5) is 42.9. The Bertz CT molecular complexity index is 744. The lowest BCUT2D eigenvalue weighted by molar-refractivity contribution is -0.155. The molecule has 2 fully saturated rings. The highest BCUT2D eigenvalue weighted by molar-refractivity contribution is 5.90. The molecule has 0 radical (unpaired) electrons. The van der Waals surface area contributed by atoms with Gasteiger partial charge in [-0.05, 0) is 18.4 Å². The van der Waals surface area contributed by atoms with Gasteiger partial charge in [0.2, 0.25) is 5.91 Å². The SMILES string of the molecule is O=C(CC(F)(F)F)NNC(=O)[C@@H]1CC[C@H]2CN1C(=O)N2OCc1ccccc1. The molecule has 4 amide bonds. The molecule has 2 saturated heterocycles. The molecule has 152 valence electrons. The van der Waals surface area contributed by atoms with E-state index in [1.54, 1.807) is 5.43 Å². The van der Waals surface area contributed by atoms with Crippen LogP contribution in [0.15, 0.2) is 30.3 Å². The summed E-state index contributed by atoms with van der Waals surface area (Å²) >= 11 is 0. The average Bonchev–Trinajstić information content (AvgIpc) is 2.88. The third-order valence-electron chi connectivity index (χ3n) is 4.52. The fourth-order valence-electron chi connectivity index (χ4n) is 3.23. The topological polar surface area (TPSA) is 91.0 Å². The number of piperidine rings is 1. The number of nitrogens with zero attached hydrogens (tertiary/aromatic N) is 2. The lowest BCUT2D eigenvalue weighted by Gasteiger charge is -2.29. The van der Waals surface area contributed by atoms with E-state index in [9.17, 15) is 27.6 Å². The molecule has 28 heavy (non-hydrogen) atoms. The number of hydrogen-bond donors (Lipinski definition) is 2. The Kier molecular flexibility index (Phi) is 5.73. The summed E-state index contributed by atoms with van der Waals surface area (Å²) in [5, 5.41) is 1.24. The van der Waals surface area contributed by atoms with E-state index in [4.69, 9.17) is 4.84 Å². The molecule has 2 aliphatic heterocycles. The minimum absolute atomic E-state index is 0.196. The van der Waals surface area contributed by atoms with Crippen LogP contribution >= 0.6 is 0 Å². The van der Waals surface area contributed by atoms with Crippen molar-refractivity contribution in [1.29, 1.82) is 0 Å². The molecular formula is C17H19F3N4O4. The maximum absolute atomic E-state index is 12.6. The largest absolute Gasteiger partial charge is 0.397 e. The number of urea groups is 1. The number of carbonyl (C=O) groups is 3. The lowest BCUT2D eigenvalue weighted by Crippen LogP contribution is -2.54. The zero-order valence-corrected chi connectivity index (χ0v) is 14.7. The molecule has 11 heteroatoms. The second kappa shape index (κ2) is 8.05. The summed E-state index contributed by atoms with van der Waals surface area (Å²) in [6.07, 6.45) is -5.58. The number of rotatable bonds is 5. The Hall–Kier alpha value is -2.82. The number of amides is 4. The quantitative estimate of drug-likeness (QED) is 0.733. The van der Waals surface area contributed by atoms with Crippen LogP contribution in [-0.4, -0.2) is 52.6 Å². The standard InChI is InChI=1S/C17H19F3N4O4/c18-17(19,20)8-14(25)21-22-15(26)13-7-6-12-9-23(13)16(27)24(12)28-10-11-4-2-1-3-5-11/h1-5,12-13H,6-10H2,(H,21,25)(H,22,26)/t12-,13-/m0/s1. The van der Waals surface area contributed by atoms with E-state index >= 15 is 0 Å².